The van der Waals surface area contributed by atoms with E-state index in [1.165, 1.54) is 70.6 Å². The van der Waals surface area contributed by atoms with Gasteiger partial charge in [-0.05, 0) is 18.8 Å². The number of hydrogen-bond donors (Lipinski definition) is 1. The SMILES string of the molecule is CCCCCCCCC(CC(CCCC)CCCC)C(=O)O. The van der Waals surface area contributed by atoms with Gasteiger partial charge in [-0.2, -0.15) is 0 Å². The van der Waals surface area contributed by atoms with E-state index in [9.17, 15) is 9.90 Å². The molecule has 0 aromatic rings. The Hall–Kier alpha value is -0.530. The Balaban J connectivity index is 4.12. The number of unbranched alkanes of at least 4 members (excludes halogenated alkanes) is 7. The molecule has 0 radical (unpaired) electrons. The van der Waals surface area contributed by atoms with Crippen molar-refractivity contribution < 1.29 is 9.90 Å². The quantitative estimate of drug-likeness (QED) is 0.317. The van der Waals surface area contributed by atoms with Gasteiger partial charge in [0.2, 0.25) is 0 Å². The van der Waals surface area contributed by atoms with Crippen LogP contribution in [0.15, 0.2) is 0 Å². The normalized spacial score (nSPS) is 12.7. The first-order chi connectivity index (χ1) is 10.7. The van der Waals surface area contributed by atoms with E-state index in [0.29, 0.717) is 5.92 Å². The van der Waals surface area contributed by atoms with Crippen molar-refractivity contribution in [3.8, 4) is 0 Å². The fourth-order valence-corrected chi connectivity index (χ4v) is 3.28. The van der Waals surface area contributed by atoms with Crippen LogP contribution in [0.4, 0.5) is 0 Å². The molecule has 1 N–H and O–H groups in total. The van der Waals surface area contributed by atoms with Crippen LogP contribution in [0.25, 0.3) is 0 Å². The van der Waals surface area contributed by atoms with Crippen LogP contribution in [-0.4, -0.2) is 11.1 Å². The Morgan fingerprint density at radius 1 is 0.727 bits per heavy atom. The highest BCUT2D eigenvalue weighted by Crippen LogP contribution is 2.27. The van der Waals surface area contributed by atoms with Gasteiger partial charge in [-0.3, -0.25) is 4.79 Å². The van der Waals surface area contributed by atoms with Gasteiger partial charge in [-0.25, -0.2) is 0 Å². The number of carbonyl (C=O) groups is 1. The summed E-state index contributed by atoms with van der Waals surface area (Å²) >= 11 is 0. The molecule has 0 rings (SSSR count). The molecule has 0 fully saturated rings. The van der Waals surface area contributed by atoms with Gasteiger partial charge in [0.1, 0.15) is 0 Å². The lowest BCUT2D eigenvalue weighted by atomic mass is 9.84. The fourth-order valence-electron chi connectivity index (χ4n) is 3.28. The summed E-state index contributed by atoms with van der Waals surface area (Å²) in [5, 5.41) is 9.51. The van der Waals surface area contributed by atoms with Gasteiger partial charge < -0.3 is 5.11 Å². The predicted molar refractivity (Wildman–Crippen MR) is 96.3 cm³/mol. The molecule has 1 unspecified atom stereocenters. The maximum Gasteiger partial charge on any atom is 0.306 e. The molecule has 0 aromatic carbocycles. The van der Waals surface area contributed by atoms with E-state index >= 15 is 0 Å². The molecule has 0 saturated heterocycles. The van der Waals surface area contributed by atoms with Gasteiger partial charge in [0.05, 0.1) is 5.92 Å². The smallest absolute Gasteiger partial charge is 0.306 e. The third kappa shape index (κ3) is 12.1. The summed E-state index contributed by atoms with van der Waals surface area (Å²) in [5.74, 6) is -0.0440. The van der Waals surface area contributed by atoms with Crippen molar-refractivity contribution in [3.05, 3.63) is 0 Å². The van der Waals surface area contributed by atoms with Crippen LogP contribution in [0, 0.1) is 11.8 Å². The lowest BCUT2D eigenvalue weighted by molar-refractivity contribution is -0.142. The van der Waals surface area contributed by atoms with Gasteiger partial charge in [0.15, 0.2) is 0 Å². The highest BCUT2D eigenvalue weighted by molar-refractivity contribution is 5.69. The number of aliphatic carboxylic acids is 1. The zero-order chi connectivity index (χ0) is 16.6. The topological polar surface area (TPSA) is 37.3 Å². The third-order valence-corrected chi connectivity index (χ3v) is 4.81. The summed E-state index contributed by atoms with van der Waals surface area (Å²) in [5.41, 5.74) is 0. The lowest BCUT2D eigenvalue weighted by Gasteiger charge is -2.21. The molecule has 22 heavy (non-hydrogen) atoms. The largest absolute Gasteiger partial charge is 0.481 e. The van der Waals surface area contributed by atoms with E-state index in [0.717, 1.165) is 19.3 Å². The zero-order valence-corrected chi connectivity index (χ0v) is 15.4. The van der Waals surface area contributed by atoms with Gasteiger partial charge in [-0.15, -0.1) is 0 Å². The first-order valence-corrected chi connectivity index (χ1v) is 9.88. The van der Waals surface area contributed by atoms with Crippen molar-refractivity contribution in [3.63, 3.8) is 0 Å². The first kappa shape index (κ1) is 21.5. The standard InChI is InChI=1S/C20H40O2/c1-4-7-10-11-12-13-16-19(20(21)22)17-18(14-8-5-2)15-9-6-3/h18-19H,4-17H2,1-3H3,(H,21,22). The summed E-state index contributed by atoms with van der Waals surface area (Å²) in [4.78, 5) is 11.5. The van der Waals surface area contributed by atoms with Crippen molar-refractivity contribution in [1.82, 2.24) is 0 Å². The van der Waals surface area contributed by atoms with Crippen molar-refractivity contribution in [2.45, 2.75) is 111 Å². The second kappa shape index (κ2) is 15.4. The number of rotatable bonds is 16. The Bertz CT molecular complexity index is 242. The van der Waals surface area contributed by atoms with Crippen LogP contribution < -0.4 is 0 Å². The summed E-state index contributed by atoms with van der Waals surface area (Å²) in [6.45, 7) is 6.68. The Kier molecular flexibility index (Phi) is 15.0. The molecule has 0 saturated carbocycles. The molecule has 0 spiro atoms. The third-order valence-electron chi connectivity index (χ3n) is 4.81. The Morgan fingerprint density at radius 3 is 1.73 bits per heavy atom. The molecule has 0 bridgehead atoms. The molecule has 0 heterocycles. The fraction of sp³-hybridized carbons (Fsp3) is 0.950. The molecule has 0 aliphatic carbocycles. The minimum Gasteiger partial charge on any atom is -0.481 e. The number of hydrogen-bond acceptors (Lipinski definition) is 1. The second-order valence-electron chi connectivity index (χ2n) is 6.98. The maximum absolute atomic E-state index is 11.5. The average Bonchev–Trinajstić information content (AvgIpc) is 2.51. The van der Waals surface area contributed by atoms with E-state index in [1.54, 1.807) is 0 Å². The summed E-state index contributed by atoms with van der Waals surface area (Å²) in [6.07, 6.45) is 16.6. The maximum atomic E-state index is 11.5. The van der Waals surface area contributed by atoms with E-state index in [1.807, 2.05) is 0 Å². The van der Waals surface area contributed by atoms with Crippen molar-refractivity contribution in [2.75, 3.05) is 0 Å². The van der Waals surface area contributed by atoms with E-state index < -0.39 is 5.97 Å². The zero-order valence-electron chi connectivity index (χ0n) is 15.4. The molecular weight excluding hydrogens is 272 g/mol. The molecule has 0 aromatic heterocycles. The van der Waals surface area contributed by atoms with Crippen LogP contribution in [-0.2, 0) is 4.79 Å². The molecule has 2 heteroatoms. The summed E-state index contributed by atoms with van der Waals surface area (Å²) in [7, 11) is 0. The van der Waals surface area contributed by atoms with Crippen molar-refractivity contribution in [2.24, 2.45) is 11.8 Å². The molecule has 0 aliphatic heterocycles. The minimum atomic E-state index is -0.563. The molecule has 2 nitrogen and oxygen atoms in total. The first-order valence-electron chi connectivity index (χ1n) is 9.88. The molecule has 0 amide bonds. The molecular formula is C20H40O2. The van der Waals surface area contributed by atoms with E-state index in [2.05, 4.69) is 20.8 Å². The van der Waals surface area contributed by atoms with Crippen LogP contribution >= 0.6 is 0 Å². The van der Waals surface area contributed by atoms with Gasteiger partial charge >= 0.3 is 5.97 Å². The Morgan fingerprint density at radius 2 is 1.23 bits per heavy atom. The van der Waals surface area contributed by atoms with Crippen LogP contribution in [0.2, 0.25) is 0 Å². The molecule has 0 aliphatic rings. The van der Waals surface area contributed by atoms with Gasteiger partial charge in [0, 0.05) is 0 Å². The lowest BCUT2D eigenvalue weighted by Crippen LogP contribution is -2.18. The Labute approximate surface area is 139 Å². The van der Waals surface area contributed by atoms with Crippen LogP contribution in [0.3, 0.4) is 0 Å². The van der Waals surface area contributed by atoms with Gasteiger partial charge in [0.25, 0.3) is 0 Å². The van der Waals surface area contributed by atoms with Crippen LogP contribution in [0.1, 0.15) is 111 Å². The second-order valence-corrected chi connectivity index (χ2v) is 6.98. The highest BCUT2D eigenvalue weighted by Gasteiger charge is 2.21. The number of carboxylic acids is 1. The van der Waals surface area contributed by atoms with Crippen molar-refractivity contribution in [1.29, 1.82) is 0 Å². The molecule has 132 valence electrons. The predicted octanol–water partition coefficient (Wildman–Crippen LogP) is 6.82. The summed E-state index contributed by atoms with van der Waals surface area (Å²) < 4.78 is 0. The van der Waals surface area contributed by atoms with Gasteiger partial charge in [-0.1, -0.05) is 97.8 Å². The highest BCUT2D eigenvalue weighted by atomic mass is 16.4. The van der Waals surface area contributed by atoms with E-state index in [-0.39, 0.29) is 5.92 Å². The van der Waals surface area contributed by atoms with Crippen molar-refractivity contribution >= 4 is 5.97 Å². The molecule has 1 atom stereocenters. The summed E-state index contributed by atoms with van der Waals surface area (Å²) in [6, 6.07) is 0. The monoisotopic (exact) mass is 312 g/mol. The number of carboxylic acid groups (broad SMARTS) is 1. The average molecular weight is 313 g/mol. The minimum absolute atomic E-state index is 0.107. The van der Waals surface area contributed by atoms with Crippen LogP contribution in [0.5, 0.6) is 0 Å². The van der Waals surface area contributed by atoms with E-state index in [4.69, 9.17) is 0 Å².